The van der Waals surface area contributed by atoms with Gasteiger partial charge in [0.25, 0.3) is 5.91 Å². The smallest absolute Gasteiger partial charge is 0.250 e. The highest BCUT2D eigenvalue weighted by Gasteiger charge is 2.19. The van der Waals surface area contributed by atoms with Crippen LogP contribution in [0.4, 0.5) is 0 Å². The van der Waals surface area contributed by atoms with E-state index in [4.69, 9.17) is 32.7 Å². The number of ether oxygens (including phenoxy) is 2. The maximum absolute atomic E-state index is 12.6. The first-order valence-electron chi connectivity index (χ1n) is 11.1. The zero-order chi connectivity index (χ0) is 26.4. The summed E-state index contributed by atoms with van der Waals surface area (Å²) in [6.07, 6.45) is 0. The third-order valence-electron chi connectivity index (χ3n) is 5.29. The third kappa shape index (κ3) is 6.25. The van der Waals surface area contributed by atoms with Crippen LogP contribution in [0.25, 0.3) is 17.1 Å². The van der Waals surface area contributed by atoms with Crippen molar-refractivity contribution in [1.29, 1.82) is 0 Å². The van der Waals surface area contributed by atoms with Gasteiger partial charge in [-0.25, -0.2) is 5.43 Å². The summed E-state index contributed by atoms with van der Waals surface area (Å²) >= 11 is 13.4. The van der Waals surface area contributed by atoms with E-state index in [0.717, 1.165) is 11.3 Å². The van der Waals surface area contributed by atoms with E-state index in [9.17, 15) is 4.79 Å². The van der Waals surface area contributed by atoms with Crippen molar-refractivity contribution in [3.05, 3.63) is 82.3 Å². The molecule has 8 nitrogen and oxygen atoms in total. The van der Waals surface area contributed by atoms with Crippen LogP contribution < -0.4 is 14.9 Å². The quantitative estimate of drug-likeness (QED) is 0.157. The average molecular weight is 556 g/mol. The number of para-hydroxylation sites is 1. The van der Waals surface area contributed by atoms with Crippen LogP contribution in [0.1, 0.15) is 12.5 Å². The molecule has 4 aromatic rings. The largest absolute Gasteiger partial charge is 0.493 e. The fourth-order valence-electron chi connectivity index (χ4n) is 3.49. The molecule has 0 bridgehead atoms. The van der Waals surface area contributed by atoms with Gasteiger partial charge in [0.05, 0.1) is 30.7 Å². The minimum absolute atomic E-state index is 0.0715. The molecule has 3 aromatic carbocycles. The van der Waals surface area contributed by atoms with E-state index in [0.29, 0.717) is 43.8 Å². The molecule has 4 rings (SSSR count). The third-order valence-corrected chi connectivity index (χ3v) is 6.77. The number of hydrogen-bond donors (Lipinski definition) is 1. The molecule has 0 radical (unpaired) electrons. The molecule has 1 amide bonds. The van der Waals surface area contributed by atoms with Gasteiger partial charge in [0.15, 0.2) is 22.5 Å². The van der Waals surface area contributed by atoms with Gasteiger partial charge in [-0.1, -0.05) is 59.2 Å². The van der Waals surface area contributed by atoms with Crippen LogP contribution in [-0.2, 0) is 4.79 Å². The molecule has 0 aliphatic heterocycles. The van der Waals surface area contributed by atoms with Crippen molar-refractivity contribution in [3.8, 4) is 28.6 Å². The minimum Gasteiger partial charge on any atom is -0.493 e. The summed E-state index contributed by atoms with van der Waals surface area (Å²) in [6, 6.07) is 20.3. The highest BCUT2D eigenvalue weighted by Crippen LogP contribution is 2.34. The van der Waals surface area contributed by atoms with Crippen LogP contribution in [0.2, 0.25) is 10.0 Å². The molecule has 1 N–H and O–H groups in total. The monoisotopic (exact) mass is 555 g/mol. The number of aromatic nitrogens is 3. The van der Waals surface area contributed by atoms with Crippen LogP contribution in [0, 0.1) is 0 Å². The summed E-state index contributed by atoms with van der Waals surface area (Å²) in [7, 11) is 3.16. The Bertz CT molecular complexity index is 1440. The molecule has 0 saturated carbocycles. The molecule has 1 heterocycles. The molecule has 0 aliphatic carbocycles. The zero-order valence-corrected chi connectivity index (χ0v) is 22.6. The second-order valence-electron chi connectivity index (χ2n) is 7.69. The Morgan fingerprint density at radius 1 is 1.00 bits per heavy atom. The summed E-state index contributed by atoms with van der Waals surface area (Å²) in [5, 5.41) is 14.5. The normalized spacial score (nSPS) is 11.3. The van der Waals surface area contributed by atoms with E-state index >= 15 is 0 Å². The molecule has 0 aliphatic rings. The molecule has 37 heavy (non-hydrogen) atoms. The molecule has 0 unspecified atom stereocenters. The second kappa shape index (κ2) is 12.1. The number of carbonyl (C=O) groups excluding carboxylic acids is 1. The lowest BCUT2D eigenvalue weighted by molar-refractivity contribution is -0.118. The van der Waals surface area contributed by atoms with Gasteiger partial charge in [-0.3, -0.25) is 9.36 Å². The Balaban J connectivity index is 1.55. The molecule has 11 heteroatoms. The molecule has 1 aromatic heterocycles. The molecular formula is C26H23Cl2N5O3S. The predicted octanol–water partition coefficient (Wildman–Crippen LogP) is 5.89. The number of amides is 1. The van der Waals surface area contributed by atoms with E-state index in [1.54, 1.807) is 39.3 Å². The fourth-order valence-corrected chi connectivity index (χ4v) is 4.78. The number of nitrogens with zero attached hydrogens (tertiary/aromatic N) is 4. The summed E-state index contributed by atoms with van der Waals surface area (Å²) in [5.74, 6) is 1.55. The number of halogens is 2. The van der Waals surface area contributed by atoms with Crippen molar-refractivity contribution < 1.29 is 14.3 Å². The van der Waals surface area contributed by atoms with Crippen LogP contribution in [0.3, 0.4) is 0 Å². The number of hydrazone groups is 1. The lowest BCUT2D eigenvalue weighted by atomic mass is 10.1. The number of thioether (sulfide) groups is 1. The Hall–Kier alpha value is -3.53. The first-order chi connectivity index (χ1) is 17.9. The first kappa shape index (κ1) is 26.5. The number of rotatable bonds is 9. The molecule has 0 atom stereocenters. The lowest BCUT2D eigenvalue weighted by Gasteiger charge is -2.12. The predicted molar refractivity (Wildman–Crippen MR) is 147 cm³/mol. The number of carbonyl (C=O) groups is 1. The van der Waals surface area contributed by atoms with Crippen molar-refractivity contribution in [2.24, 2.45) is 5.10 Å². The van der Waals surface area contributed by atoms with Gasteiger partial charge >= 0.3 is 0 Å². The van der Waals surface area contributed by atoms with E-state index < -0.39 is 0 Å². The summed E-state index contributed by atoms with van der Waals surface area (Å²) < 4.78 is 12.7. The van der Waals surface area contributed by atoms with Gasteiger partial charge < -0.3 is 9.47 Å². The van der Waals surface area contributed by atoms with Crippen LogP contribution in [-0.4, -0.2) is 46.4 Å². The van der Waals surface area contributed by atoms with Crippen molar-refractivity contribution in [2.45, 2.75) is 12.1 Å². The maximum Gasteiger partial charge on any atom is 0.250 e. The van der Waals surface area contributed by atoms with Crippen LogP contribution in [0.5, 0.6) is 11.5 Å². The summed E-state index contributed by atoms with van der Waals surface area (Å²) in [4.78, 5) is 12.6. The van der Waals surface area contributed by atoms with Crippen molar-refractivity contribution in [3.63, 3.8) is 0 Å². The van der Waals surface area contributed by atoms with Gasteiger partial charge in [0, 0.05) is 21.8 Å². The van der Waals surface area contributed by atoms with E-state index in [2.05, 4.69) is 20.7 Å². The minimum atomic E-state index is -0.301. The highest BCUT2D eigenvalue weighted by molar-refractivity contribution is 7.99. The molecule has 0 spiro atoms. The number of hydrogen-bond acceptors (Lipinski definition) is 7. The van der Waals surface area contributed by atoms with Crippen LogP contribution in [0.15, 0.2) is 77.0 Å². The second-order valence-corrected chi connectivity index (χ2v) is 9.48. The van der Waals surface area contributed by atoms with Gasteiger partial charge in [-0.2, -0.15) is 5.10 Å². The summed E-state index contributed by atoms with van der Waals surface area (Å²) in [5.41, 5.74) is 5.44. The molecule has 0 fully saturated rings. The lowest BCUT2D eigenvalue weighted by Crippen LogP contribution is -2.21. The fraction of sp³-hybridized carbons (Fsp3) is 0.154. The van der Waals surface area contributed by atoms with Gasteiger partial charge in [-0.15, -0.1) is 10.2 Å². The van der Waals surface area contributed by atoms with Gasteiger partial charge in [0.1, 0.15) is 0 Å². The van der Waals surface area contributed by atoms with Crippen molar-refractivity contribution in [1.82, 2.24) is 20.2 Å². The van der Waals surface area contributed by atoms with Crippen molar-refractivity contribution in [2.75, 3.05) is 20.0 Å². The summed E-state index contributed by atoms with van der Waals surface area (Å²) in [6.45, 7) is 1.75. The Labute approximate surface area is 228 Å². The topological polar surface area (TPSA) is 90.6 Å². The number of nitrogens with one attached hydrogen (secondary N) is 1. The average Bonchev–Trinajstić information content (AvgIpc) is 3.34. The molecular weight excluding hydrogens is 533 g/mol. The Kier molecular flexibility index (Phi) is 8.70. The van der Waals surface area contributed by atoms with E-state index in [-0.39, 0.29) is 11.7 Å². The highest BCUT2D eigenvalue weighted by atomic mass is 35.5. The SMILES string of the molecule is COc1ccc(-c2nnc(SCC(=O)NN=C(C)c3ccc(Cl)cc3Cl)n2-c2ccccc2)cc1OC. The Morgan fingerprint density at radius 2 is 1.76 bits per heavy atom. The number of benzene rings is 3. The van der Waals surface area contributed by atoms with Gasteiger partial charge in [0.2, 0.25) is 0 Å². The van der Waals surface area contributed by atoms with Crippen LogP contribution >= 0.6 is 35.0 Å². The van der Waals surface area contributed by atoms with Gasteiger partial charge in [-0.05, 0) is 49.4 Å². The molecule has 0 saturated heterocycles. The van der Waals surface area contributed by atoms with E-state index in [1.165, 1.54) is 11.8 Å². The van der Waals surface area contributed by atoms with Crippen molar-refractivity contribution >= 4 is 46.6 Å². The zero-order valence-electron chi connectivity index (χ0n) is 20.2. The molecule has 190 valence electrons. The maximum atomic E-state index is 12.6. The number of methoxy groups -OCH3 is 2. The van der Waals surface area contributed by atoms with E-state index in [1.807, 2.05) is 53.1 Å². The standard InChI is InChI=1S/C26H23Cl2N5O3S/c1-16(20-11-10-18(27)14-21(20)28)29-30-24(34)15-37-26-32-31-25(33(26)19-7-5-4-6-8-19)17-9-12-22(35-2)23(13-17)36-3/h4-14H,15H2,1-3H3,(H,30,34). The first-order valence-corrected chi connectivity index (χ1v) is 12.8. The Morgan fingerprint density at radius 3 is 2.46 bits per heavy atom.